The monoisotopic (exact) mass is 169 g/mol. The van der Waals surface area contributed by atoms with Crippen molar-refractivity contribution < 1.29 is 4.79 Å². The van der Waals surface area contributed by atoms with Crippen LogP contribution in [0.25, 0.3) is 0 Å². The highest BCUT2D eigenvalue weighted by molar-refractivity contribution is 5.78. The zero-order valence-electron chi connectivity index (χ0n) is 8.50. The minimum atomic E-state index is 0.151. The second kappa shape index (κ2) is 3.46. The first kappa shape index (κ1) is 9.56. The summed E-state index contributed by atoms with van der Waals surface area (Å²) in [5.41, 5.74) is 0. The number of hydrogen-bond donors (Lipinski definition) is 0. The van der Waals surface area contributed by atoms with Crippen LogP contribution in [0, 0.1) is 11.8 Å². The molecule has 0 aliphatic carbocycles. The smallest absolute Gasteiger partial charge is 0.225 e. The molecule has 2 unspecified atom stereocenters. The van der Waals surface area contributed by atoms with Crippen LogP contribution in [-0.2, 0) is 4.79 Å². The van der Waals surface area contributed by atoms with Crippen molar-refractivity contribution in [3.63, 3.8) is 0 Å². The van der Waals surface area contributed by atoms with Crippen molar-refractivity contribution in [1.82, 2.24) is 4.90 Å². The van der Waals surface area contributed by atoms with E-state index in [1.54, 1.807) is 0 Å². The third kappa shape index (κ3) is 1.62. The van der Waals surface area contributed by atoms with Crippen LogP contribution in [0.5, 0.6) is 0 Å². The SMILES string of the molecule is CC(C)C(=O)N1CCC(C)C1C. The van der Waals surface area contributed by atoms with Crippen molar-refractivity contribution in [3.8, 4) is 0 Å². The van der Waals surface area contributed by atoms with Gasteiger partial charge in [0.1, 0.15) is 0 Å². The molecule has 1 amide bonds. The number of rotatable bonds is 1. The number of carbonyl (C=O) groups is 1. The first-order valence-electron chi connectivity index (χ1n) is 4.84. The zero-order chi connectivity index (χ0) is 9.30. The molecule has 1 aliphatic heterocycles. The van der Waals surface area contributed by atoms with Crippen molar-refractivity contribution in [2.24, 2.45) is 11.8 Å². The van der Waals surface area contributed by atoms with E-state index in [0.717, 1.165) is 6.54 Å². The van der Waals surface area contributed by atoms with Gasteiger partial charge < -0.3 is 4.90 Å². The molecule has 0 bridgehead atoms. The fraction of sp³-hybridized carbons (Fsp3) is 0.900. The quantitative estimate of drug-likeness (QED) is 0.587. The summed E-state index contributed by atoms with van der Waals surface area (Å²) in [6.45, 7) is 9.27. The van der Waals surface area contributed by atoms with E-state index in [2.05, 4.69) is 13.8 Å². The number of carbonyl (C=O) groups excluding carboxylic acids is 1. The van der Waals surface area contributed by atoms with Crippen LogP contribution in [0.2, 0.25) is 0 Å². The predicted molar refractivity (Wildman–Crippen MR) is 49.8 cm³/mol. The van der Waals surface area contributed by atoms with E-state index in [-0.39, 0.29) is 5.92 Å². The summed E-state index contributed by atoms with van der Waals surface area (Å²) in [6.07, 6.45) is 1.17. The average Bonchev–Trinajstić information content (AvgIpc) is 2.32. The standard InChI is InChI=1S/C10H19NO/c1-7(2)10(12)11-6-5-8(3)9(11)4/h7-9H,5-6H2,1-4H3. The molecule has 0 spiro atoms. The molecule has 2 heteroatoms. The van der Waals surface area contributed by atoms with Gasteiger partial charge in [0.2, 0.25) is 5.91 Å². The Bertz CT molecular complexity index is 177. The van der Waals surface area contributed by atoms with E-state index in [0.29, 0.717) is 17.9 Å². The molecule has 70 valence electrons. The molecule has 0 saturated carbocycles. The lowest BCUT2D eigenvalue weighted by molar-refractivity contribution is -0.135. The van der Waals surface area contributed by atoms with Gasteiger partial charge in [0.15, 0.2) is 0 Å². The molecule has 0 aromatic carbocycles. The molecule has 12 heavy (non-hydrogen) atoms. The molecular formula is C10H19NO. The lowest BCUT2D eigenvalue weighted by Gasteiger charge is -2.25. The van der Waals surface area contributed by atoms with Crippen molar-refractivity contribution in [3.05, 3.63) is 0 Å². The lowest BCUT2D eigenvalue weighted by Crippen LogP contribution is -2.37. The molecule has 2 nitrogen and oxygen atoms in total. The molecular weight excluding hydrogens is 150 g/mol. The Morgan fingerprint density at radius 3 is 2.33 bits per heavy atom. The Labute approximate surface area is 74.9 Å². The first-order valence-corrected chi connectivity index (χ1v) is 4.84. The van der Waals surface area contributed by atoms with Gasteiger partial charge in [-0.1, -0.05) is 20.8 Å². The summed E-state index contributed by atoms with van der Waals surface area (Å²) in [6, 6.07) is 0.444. The van der Waals surface area contributed by atoms with E-state index in [1.807, 2.05) is 18.7 Å². The lowest BCUT2D eigenvalue weighted by atomic mass is 10.0. The Hall–Kier alpha value is -0.530. The van der Waals surface area contributed by atoms with Crippen LogP contribution in [0.15, 0.2) is 0 Å². The Kier molecular flexibility index (Phi) is 2.76. The molecule has 1 aliphatic rings. The molecule has 0 aromatic rings. The van der Waals surface area contributed by atoms with E-state index in [4.69, 9.17) is 0 Å². The summed E-state index contributed by atoms with van der Waals surface area (Å²) < 4.78 is 0. The molecule has 1 heterocycles. The summed E-state index contributed by atoms with van der Waals surface area (Å²) in [7, 11) is 0. The second-order valence-corrected chi connectivity index (χ2v) is 4.19. The molecule has 1 saturated heterocycles. The van der Waals surface area contributed by atoms with Gasteiger partial charge in [-0.15, -0.1) is 0 Å². The third-order valence-electron chi connectivity index (χ3n) is 2.92. The average molecular weight is 169 g/mol. The van der Waals surface area contributed by atoms with E-state index in [9.17, 15) is 4.79 Å². The van der Waals surface area contributed by atoms with Gasteiger partial charge in [-0.05, 0) is 19.3 Å². The third-order valence-corrected chi connectivity index (χ3v) is 2.92. The Morgan fingerprint density at radius 1 is 1.42 bits per heavy atom. The highest BCUT2D eigenvalue weighted by atomic mass is 16.2. The minimum Gasteiger partial charge on any atom is -0.339 e. The van der Waals surface area contributed by atoms with E-state index >= 15 is 0 Å². The van der Waals surface area contributed by atoms with Crippen LogP contribution < -0.4 is 0 Å². The summed E-state index contributed by atoms with van der Waals surface area (Å²) >= 11 is 0. The van der Waals surface area contributed by atoms with Gasteiger partial charge in [-0.25, -0.2) is 0 Å². The number of hydrogen-bond acceptors (Lipinski definition) is 1. The molecule has 0 radical (unpaired) electrons. The first-order chi connectivity index (χ1) is 5.54. The van der Waals surface area contributed by atoms with Crippen LogP contribution in [0.4, 0.5) is 0 Å². The summed E-state index contributed by atoms with van der Waals surface area (Å²) in [5, 5.41) is 0. The number of nitrogens with zero attached hydrogens (tertiary/aromatic N) is 1. The van der Waals surface area contributed by atoms with Gasteiger partial charge in [-0.3, -0.25) is 4.79 Å². The molecule has 1 rings (SSSR count). The van der Waals surface area contributed by atoms with Crippen LogP contribution in [0.1, 0.15) is 34.1 Å². The number of likely N-dealkylation sites (tertiary alicyclic amines) is 1. The maximum Gasteiger partial charge on any atom is 0.225 e. The largest absolute Gasteiger partial charge is 0.339 e. The summed E-state index contributed by atoms with van der Waals surface area (Å²) in [4.78, 5) is 13.7. The van der Waals surface area contributed by atoms with Crippen molar-refractivity contribution in [2.45, 2.75) is 40.2 Å². The maximum atomic E-state index is 11.6. The van der Waals surface area contributed by atoms with Gasteiger partial charge in [0.25, 0.3) is 0 Å². The molecule has 1 fully saturated rings. The fourth-order valence-electron chi connectivity index (χ4n) is 1.74. The predicted octanol–water partition coefficient (Wildman–Crippen LogP) is 1.90. The van der Waals surface area contributed by atoms with Gasteiger partial charge in [0.05, 0.1) is 0 Å². The van der Waals surface area contributed by atoms with Crippen molar-refractivity contribution >= 4 is 5.91 Å². The van der Waals surface area contributed by atoms with Crippen LogP contribution in [0.3, 0.4) is 0 Å². The zero-order valence-corrected chi connectivity index (χ0v) is 8.50. The van der Waals surface area contributed by atoms with Crippen LogP contribution in [-0.4, -0.2) is 23.4 Å². The van der Waals surface area contributed by atoms with Gasteiger partial charge >= 0.3 is 0 Å². The molecule has 0 N–H and O–H groups in total. The second-order valence-electron chi connectivity index (χ2n) is 4.19. The Balaban J connectivity index is 2.59. The van der Waals surface area contributed by atoms with Gasteiger partial charge in [-0.2, -0.15) is 0 Å². The molecule has 0 aromatic heterocycles. The van der Waals surface area contributed by atoms with Gasteiger partial charge in [0, 0.05) is 18.5 Å². The minimum absolute atomic E-state index is 0.151. The normalized spacial score (nSPS) is 29.9. The number of amides is 1. The van der Waals surface area contributed by atoms with E-state index in [1.165, 1.54) is 6.42 Å². The van der Waals surface area contributed by atoms with Crippen molar-refractivity contribution in [2.75, 3.05) is 6.54 Å². The van der Waals surface area contributed by atoms with Crippen LogP contribution >= 0.6 is 0 Å². The fourth-order valence-corrected chi connectivity index (χ4v) is 1.74. The summed E-state index contributed by atoms with van der Waals surface area (Å²) in [5.74, 6) is 1.14. The van der Waals surface area contributed by atoms with Crippen molar-refractivity contribution in [1.29, 1.82) is 0 Å². The highest BCUT2D eigenvalue weighted by Gasteiger charge is 2.31. The molecule has 2 atom stereocenters. The maximum absolute atomic E-state index is 11.6. The highest BCUT2D eigenvalue weighted by Crippen LogP contribution is 2.24. The topological polar surface area (TPSA) is 20.3 Å². The Morgan fingerprint density at radius 2 is 2.00 bits per heavy atom. The van der Waals surface area contributed by atoms with E-state index < -0.39 is 0 Å².